The summed E-state index contributed by atoms with van der Waals surface area (Å²) in [4.78, 5) is 30.5. The number of alkyl halides is 3. The minimum Gasteiger partial charge on any atom is -0.371 e. The molecule has 12 heteroatoms. The summed E-state index contributed by atoms with van der Waals surface area (Å²) in [5.41, 5.74) is 3.58. The Hall–Kier alpha value is -2.20. The van der Waals surface area contributed by atoms with Crippen LogP contribution in [0.4, 0.5) is 18.9 Å². The predicted molar refractivity (Wildman–Crippen MR) is 157 cm³/mol. The number of piperidine rings is 2. The molecule has 2 aliphatic heterocycles. The molecule has 0 bridgehead atoms. The lowest BCUT2D eigenvalue weighted by atomic mass is 9.82. The first-order chi connectivity index (χ1) is 19.2. The summed E-state index contributed by atoms with van der Waals surface area (Å²) in [6.07, 6.45) is -0.880. The number of carbonyl (C=O) groups excluding carboxylic acids is 2. The molecule has 6 nitrogen and oxygen atoms in total. The SMILES string of the molecule is CN(C)C(=O)c1ccc(N2CCC(CC3CCN(C(=O)[C@](N)(c4cc(Cl)cc(Cl)c4)C(F)(F)F)CC3)CC2)cc1Cl. The van der Waals surface area contributed by atoms with Crippen LogP contribution in [0, 0.1) is 11.8 Å². The van der Waals surface area contributed by atoms with E-state index in [-0.39, 0.29) is 29.0 Å². The van der Waals surface area contributed by atoms with Crippen molar-refractivity contribution in [2.45, 2.75) is 43.8 Å². The molecule has 2 aromatic rings. The van der Waals surface area contributed by atoms with Gasteiger partial charge in [0.05, 0.1) is 10.6 Å². The Morgan fingerprint density at radius 2 is 1.44 bits per heavy atom. The molecule has 0 saturated carbocycles. The van der Waals surface area contributed by atoms with Crippen molar-refractivity contribution in [3.63, 3.8) is 0 Å². The number of hydrogen-bond acceptors (Lipinski definition) is 4. The fourth-order valence-corrected chi connectivity index (χ4v) is 6.61. The molecule has 1 atom stereocenters. The van der Waals surface area contributed by atoms with Gasteiger partial charge in [0.25, 0.3) is 11.8 Å². The molecule has 2 N–H and O–H groups in total. The third-order valence-electron chi connectivity index (χ3n) is 8.24. The lowest BCUT2D eigenvalue weighted by Gasteiger charge is -2.40. The zero-order chi connectivity index (χ0) is 30.1. The minimum atomic E-state index is -5.03. The summed E-state index contributed by atoms with van der Waals surface area (Å²) >= 11 is 18.3. The fraction of sp³-hybridized carbons (Fsp3) is 0.517. The van der Waals surface area contributed by atoms with Crippen molar-refractivity contribution in [2.24, 2.45) is 17.6 Å². The third kappa shape index (κ3) is 6.90. The van der Waals surface area contributed by atoms with Gasteiger partial charge in [-0.15, -0.1) is 0 Å². The number of carbonyl (C=O) groups is 2. The number of likely N-dealkylation sites (tertiary alicyclic amines) is 1. The molecule has 2 amide bonds. The predicted octanol–water partition coefficient (Wildman–Crippen LogP) is 6.61. The zero-order valence-electron chi connectivity index (χ0n) is 23.0. The molecular weight excluding hydrogens is 600 g/mol. The third-order valence-corrected chi connectivity index (χ3v) is 8.99. The Balaban J connectivity index is 1.32. The summed E-state index contributed by atoms with van der Waals surface area (Å²) in [7, 11) is 3.37. The van der Waals surface area contributed by atoms with Crippen molar-refractivity contribution in [1.82, 2.24) is 9.80 Å². The zero-order valence-corrected chi connectivity index (χ0v) is 25.3. The van der Waals surface area contributed by atoms with Crippen molar-refractivity contribution in [1.29, 1.82) is 0 Å². The second-order valence-electron chi connectivity index (χ2n) is 11.2. The molecule has 2 fully saturated rings. The summed E-state index contributed by atoms with van der Waals surface area (Å²) in [6.45, 7) is 2.12. The first-order valence-electron chi connectivity index (χ1n) is 13.6. The lowest BCUT2D eigenvalue weighted by Crippen LogP contribution is -2.62. The number of amides is 2. The van der Waals surface area contributed by atoms with E-state index in [9.17, 15) is 22.8 Å². The first kappa shape index (κ1) is 31.7. The van der Waals surface area contributed by atoms with Gasteiger partial charge in [0, 0.05) is 56.0 Å². The Bertz CT molecular complexity index is 1260. The molecule has 2 aliphatic rings. The molecule has 2 saturated heterocycles. The lowest BCUT2D eigenvalue weighted by molar-refractivity contribution is -0.201. The summed E-state index contributed by atoms with van der Waals surface area (Å²) in [5.74, 6) is -0.523. The van der Waals surface area contributed by atoms with Crippen molar-refractivity contribution in [2.75, 3.05) is 45.2 Å². The molecule has 2 heterocycles. The van der Waals surface area contributed by atoms with Crippen molar-refractivity contribution in [3.05, 3.63) is 62.6 Å². The number of halogens is 6. The molecule has 0 unspecified atom stereocenters. The van der Waals surface area contributed by atoms with Crippen molar-refractivity contribution < 1.29 is 22.8 Å². The number of nitrogens with zero attached hydrogens (tertiary/aromatic N) is 3. The Morgan fingerprint density at radius 1 is 0.902 bits per heavy atom. The van der Waals surface area contributed by atoms with Crippen LogP contribution in [0.2, 0.25) is 15.1 Å². The van der Waals surface area contributed by atoms with Gasteiger partial charge in [-0.3, -0.25) is 9.59 Å². The summed E-state index contributed by atoms with van der Waals surface area (Å²) in [6, 6.07) is 8.90. The van der Waals surface area contributed by atoms with Gasteiger partial charge in [-0.05, 0) is 85.9 Å². The van der Waals surface area contributed by atoms with Gasteiger partial charge in [0.2, 0.25) is 5.54 Å². The standard InChI is InChI=1S/C29H34Cl3F3N4O2/c1-37(2)26(40)24-4-3-23(17-25(24)32)38-9-5-18(6-10-38)13-19-7-11-39(12-8-19)27(41)28(36,29(33,34)35)20-14-21(30)16-22(31)15-20/h3-4,14-19H,5-13,36H2,1-2H3/t28-/m1/s1. The Morgan fingerprint density at radius 3 is 1.93 bits per heavy atom. The van der Waals surface area contributed by atoms with Gasteiger partial charge in [-0.1, -0.05) is 34.8 Å². The van der Waals surface area contributed by atoms with Crippen LogP contribution in [0.5, 0.6) is 0 Å². The molecule has 0 radical (unpaired) electrons. The Kier molecular flexibility index (Phi) is 9.73. The summed E-state index contributed by atoms with van der Waals surface area (Å²) < 4.78 is 42.7. The van der Waals surface area contributed by atoms with Gasteiger partial charge in [-0.25, -0.2) is 0 Å². The smallest absolute Gasteiger partial charge is 0.371 e. The average Bonchev–Trinajstić information content (AvgIpc) is 2.91. The van der Waals surface area contributed by atoms with Crippen LogP contribution >= 0.6 is 34.8 Å². The number of anilines is 1. The van der Waals surface area contributed by atoms with E-state index in [1.54, 1.807) is 20.2 Å². The van der Waals surface area contributed by atoms with E-state index in [2.05, 4.69) is 4.90 Å². The van der Waals surface area contributed by atoms with Gasteiger partial charge >= 0.3 is 6.18 Å². The quantitative estimate of drug-likeness (QED) is 0.389. The molecule has 4 rings (SSSR count). The van der Waals surface area contributed by atoms with Crippen LogP contribution in [0.3, 0.4) is 0 Å². The van der Waals surface area contributed by atoms with Gasteiger partial charge < -0.3 is 20.4 Å². The first-order valence-corrected chi connectivity index (χ1v) is 14.7. The normalized spacial score (nSPS) is 18.8. The number of benzene rings is 2. The van der Waals surface area contributed by atoms with Crippen molar-refractivity contribution >= 4 is 52.3 Å². The highest BCUT2D eigenvalue weighted by Crippen LogP contribution is 2.41. The number of rotatable bonds is 6. The largest absolute Gasteiger partial charge is 0.419 e. The van der Waals surface area contributed by atoms with Gasteiger partial charge in [0.15, 0.2) is 0 Å². The molecule has 41 heavy (non-hydrogen) atoms. The van der Waals surface area contributed by atoms with Gasteiger partial charge in [-0.2, -0.15) is 13.2 Å². The second-order valence-corrected chi connectivity index (χ2v) is 12.5. The van der Waals surface area contributed by atoms with E-state index >= 15 is 0 Å². The maximum absolute atomic E-state index is 14.2. The van der Waals surface area contributed by atoms with Crippen LogP contribution in [-0.4, -0.2) is 68.1 Å². The monoisotopic (exact) mass is 632 g/mol. The van der Waals surface area contributed by atoms with E-state index in [0.29, 0.717) is 35.3 Å². The fourth-order valence-electron chi connectivity index (χ4n) is 5.82. The molecule has 0 aliphatic carbocycles. The van der Waals surface area contributed by atoms with Crippen molar-refractivity contribution in [3.8, 4) is 0 Å². The highest BCUT2D eigenvalue weighted by Gasteiger charge is 2.60. The van der Waals surface area contributed by atoms with E-state index in [4.69, 9.17) is 40.5 Å². The molecule has 0 aromatic heterocycles. The summed E-state index contributed by atoms with van der Waals surface area (Å²) in [5, 5.41) is 0.377. The number of hydrogen-bond donors (Lipinski definition) is 1. The molecule has 0 spiro atoms. The van der Waals surface area contributed by atoms with Crippen LogP contribution in [0.25, 0.3) is 0 Å². The molecular formula is C29H34Cl3F3N4O2. The Labute approximate surface area is 253 Å². The highest BCUT2D eigenvalue weighted by molar-refractivity contribution is 6.35. The van der Waals surface area contributed by atoms with E-state index in [0.717, 1.165) is 50.2 Å². The average molecular weight is 634 g/mol. The van der Waals surface area contributed by atoms with E-state index < -0.39 is 23.2 Å². The van der Waals surface area contributed by atoms with E-state index in [1.165, 1.54) is 15.9 Å². The van der Waals surface area contributed by atoms with Gasteiger partial charge in [0.1, 0.15) is 0 Å². The topological polar surface area (TPSA) is 69.9 Å². The number of nitrogens with two attached hydrogens (primary N) is 1. The maximum atomic E-state index is 14.2. The van der Waals surface area contributed by atoms with Crippen LogP contribution < -0.4 is 10.6 Å². The van der Waals surface area contributed by atoms with E-state index in [1.807, 2.05) is 12.1 Å². The van der Waals surface area contributed by atoms with Crippen LogP contribution in [0.15, 0.2) is 36.4 Å². The second kappa shape index (κ2) is 12.6. The molecule has 2 aromatic carbocycles. The maximum Gasteiger partial charge on any atom is 0.419 e. The van der Waals surface area contributed by atoms with Crippen LogP contribution in [0.1, 0.15) is 48.0 Å². The minimum absolute atomic E-state index is 0.0244. The highest BCUT2D eigenvalue weighted by atomic mass is 35.5. The molecule has 224 valence electrons. The van der Waals surface area contributed by atoms with Crippen LogP contribution in [-0.2, 0) is 10.3 Å².